The molecule has 0 spiro atoms. The van der Waals surface area contributed by atoms with Gasteiger partial charge in [-0.25, -0.2) is 9.59 Å². The molecule has 0 aliphatic carbocycles. The Kier molecular flexibility index (Phi) is 12.4. The van der Waals surface area contributed by atoms with Crippen molar-refractivity contribution in [3.63, 3.8) is 0 Å². The van der Waals surface area contributed by atoms with E-state index in [2.05, 4.69) is 0 Å². The predicted molar refractivity (Wildman–Crippen MR) is 209 cm³/mol. The number of carbonyl (C=O) groups excluding carboxylic acids is 2. The van der Waals surface area contributed by atoms with Crippen molar-refractivity contribution in [2.75, 3.05) is 0 Å². The lowest BCUT2D eigenvalue weighted by Crippen LogP contribution is -2.23. The summed E-state index contributed by atoms with van der Waals surface area (Å²) in [5.41, 5.74) is 2.07. The molecule has 0 aromatic heterocycles. The highest BCUT2D eigenvalue weighted by Gasteiger charge is 2.31. The lowest BCUT2D eigenvalue weighted by Gasteiger charge is -2.23. The van der Waals surface area contributed by atoms with Crippen LogP contribution in [-0.4, -0.2) is 27.8 Å². The van der Waals surface area contributed by atoms with E-state index in [0.29, 0.717) is 0 Å². The van der Waals surface area contributed by atoms with Gasteiger partial charge >= 0.3 is 11.9 Å². The highest BCUT2D eigenvalue weighted by atomic mass is 16.6. The average Bonchev–Trinajstić information content (AvgIpc) is 3.20. The second-order valence-corrected chi connectivity index (χ2v) is 13.7. The zero-order valence-corrected chi connectivity index (χ0v) is 31.3. The van der Waals surface area contributed by atoms with Crippen molar-refractivity contribution in [3.8, 4) is 40.2 Å². The Labute approximate surface area is 325 Å². The van der Waals surface area contributed by atoms with Crippen molar-refractivity contribution in [2.45, 2.75) is 52.8 Å². The Balaban J connectivity index is 1.53. The molecule has 56 heavy (non-hydrogen) atoms. The highest BCUT2D eigenvalue weighted by Crippen LogP contribution is 2.51. The molecule has 6 rings (SSSR count). The SMILES string of the molecule is CC(C)(C)OC(=O)c1cc(O)c(O)c(Oc2c(C(=O)OCc3ccccc3)cc(OCc3ccccc3)c(OCc3ccccc3)c2OCc2ccccc2)c1. The van der Waals surface area contributed by atoms with Gasteiger partial charge in [0, 0.05) is 6.07 Å². The first kappa shape index (κ1) is 38.8. The van der Waals surface area contributed by atoms with Gasteiger partial charge in [-0.1, -0.05) is 121 Å². The highest BCUT2D eigenvalue weighted by molar-refractivity contribution is 5.96. The molecular formula is C46H42O10. The summed E-state index contributed by atoms with van der Waals surface area (Å²) in [6.45, 7) is 5.19. The molecule has 0 bridgehead atoms. The van der Waals surface area contributed by atoms with Crippen molar-refractivity contribution in [2.24, 2.45) is 0 Å². The van der Waals surface area contributed by atoms with Gasteiger partial charge in [-0.2, -0.15) is 0 Å². The first-order chi connectivity index (χ1) is 27.0. The maximum absolute atomic E-state index is 14.2. The molecule has 286 valence electrons. The smallest absolute Gasteiger partial charge is 0.342 e. The summed E-state index contributed by atoms with van der Waals surface area (Å²) in [5.74, 6) is -3.41. The van der Waals surface area contributed by atoms with Crippen LogP contribution in [0.3, 0.4) is 0 Å². The van der Waals surface area contributed by atoms with Gasteiger partial charge < -0.3 is 38.6 Å². The standard InChI is InChI=1S/C46H42O10/c1-46(2,3)56-44(49)35-24-37(47)40(48)38(25-35)55-41-36(45(50)54-30-34-22-14-7-15-23-34)26-39(51-27-31-16-8-4-9-17-31)42(52-28-32-18-10-5-11-19-32)43(41)53-29-33-20-12-6-13-21-33/h4-26,47-48H,27-30H2,1-3H3. The fraction of sp³-hybridized carbons (Fsp3) is 0.174. The third kappa shape index (κ3) is 10.4. The Bertz CT molecular complexity index is 2230. The van der Waals surface area contributed by atoms with Gasteiger partial charge in [0.1, 0.15) is 37.6 Å². The van der Waals surface area contributed by atoms with E-state index in [1.807, 2.05) is 121 Å². The number of benzene rings is 6. The molecule has 10 nitrogen and oxygen atoms in total. The maximum Gasteiger partial charge on any atom is 0.342 e. The Morgan fingerprint density at radius 2 is 0.982 bits per heavy atom. The number of ether oxygens (including phenoxy) is 6. The molecule has 0 fully saturated rings. The van der Waals surface area contributed by atoms with Gasteiger partial charge in [-0.15, -0.1) is 0 Å². The quantitative estimate of drug-likeness (QED) is 0.0772. The third-order valence-corrected chi connectivity index (χ3v) is 8.18. The van der Waals surface area contributed by atoms with Gasteiger partial charge in [-0.3, -0.25) is 0 Å². The summed E-state index contributed by atoms with van der Waals surface area (Å²) in [4.78, 5) is 27.4. The molecule has 6 aromatic carbocycles. The number of esters is 2. The molecule has 0 amide bonds. The fourth-order valence-electron chi connectivity index (χ4n) is 5.46. The number of hydrogen-bond acceptors (Lipinski definition) is 10. The van der Waals surface area contributed by atoms with Crippen molar-refractivity contribution < 1.29 is 48.2 Å². The lowest BCUT2D eigenvalue weighted by molar-refractivity contribution is 0.00683. The van der Waals surface area contributed by atoms with Crippen LogP contribution >= 0.6 is 0 Å². The molecule has 0 heterocycles. The second kappa shape index (κ2) is 17.9. The Morgan fingerprint density at radius 1 is 0.518 bits per heavy atom. The first-order valence-electron chi connectivity index (χ1n) is 17.9. The maximum atomic E-state index is 14.2. The van der Waals surface area contributed by atoms with Crippen LogP contribution in [0, 0.1) is 0 Å². The zero-order valence-electron chi connectivity index (χ0n) is 31.3. The fourth-order valence-corrected chi connectivity index (χ4v) is 5.46. The molecule has 0 radical (unpaired) electrons. The molecule has 0 unspecified atom stereocenters. The minimum absolute atomic E-state index is 0.00524. The van der Waals surface area contributed by atoms with Gasteiger partial charge in [-0.05, 0) is 55.2 Å². The van der Waals surface area contributed by atoms with Crippen molar-refractivity contribution >= 4 is 11.9 Å². The number of aromatic hydroxyl groups is 2. The van der Waals surface area contributed by atoms with E-state index in [0.717, 1.165) is 28.3 Å². The second-order valence-electron chi connectivity index (χ2n) is 13.7. The van der Waals surface area contributed by atoms with Gasteiger partial charge in [0.25, 0.3) is 0 Å². The summed E-state index contributed by atoms with van der Waals surface area (Å²) in [6.07, 6.45) is 0. The normalized spacial score (nSPS) is 11.0. The van der Waals surface area contributed by atoms with Gasteiger partial charge in [0.05, 0.1) is 5.56 Å². The molecule has 0 aliphatic heterocycles. The number of carbonyl (C=O) groups is 2. The number of phenolic OH excluding ortho intramolecular Hbond substituents is 2. The summed E-state index contributed by atoms with van der Waals surface area (Å²) >= 11 is 0. The van der Waals surface area contributed by atoms with Crippen LogP contribution in [0.25, 0.3) is 0 Å². The van der Waals surface area contributed by atoms with E-state index in [9.17, 15) is 19.8 Å². The predicted octanol–water partition coefficient (Wildman–Crippen LogP) is 9.94. The largest absolute Gasteiger partial charge is 0.504 e. The number of rotatable bonds is 15. The number of phenols is 2. The topological polar surface area (TPSA) is 130 Å². The first-order valence-corrected chi connectivity index (χ1v) is 17.9. The molecule has 0 atom stereocenters. The minimum atomic E-state index is -0.861. The zero-order chi connectivity index (χ0) is 39.5. The summed E-state index contributed by atoms with van der Waals surface area (Å²) in [7, 11) is 0. The molecule has 10 heteroatoms. The van der Waals surface area contributed by atoms with Crippen molar-refractivity contribution in [1.82, 2.24) is 0 Å². The van der Waals surface area contributed by atoms with E-state index in [-0.39, 0.29) is 66.3 Å². The molecular weight excluding hydrogens is 712 g/mol. The van der Waals surface area contributed by atoms with Crippen LogP contribution < -0.4 is 18.9 Å². The van der Waals surface area contributed by atoms with Crippen LogP contribution in [0.4, 0.5) is 0 Å². The van der Waals surface area contributed by atoms with Crippen LogP contribution in [-0.2, 0) is 35.9 Å². The van der Waals surface area contributed by atoms with Crippen molar-refractivity contribution in [1.29, 1.82) is 0 Å². The molecule has 2 N–H and O–H groups in total. The van der Waals surface area contributed by atoms with Crippen LogP contribution in [0.2, 0.25) is 0 Å². The van der Waals surface area contributed by atoms with E-state index in [1.54, 1.807) is 20.8 Å². The minimum Gasteiger partial charge on any atom is -0.504 e. The van der Waals surface area contributed by atoms with E-state index in [4.69, 9.17) is 28.4 Å². The van der Waals surface area contributed by atoms with Crippen molar-refractivity contribution in [3.05, 3.63) is 173 Å². The van der Waals surface area contributed by atoms with Gasteiger partial charge in [0.15, 0.2) is 23.0 Å². The van der Waals surface area contributed by atoms with E-state index >= 15 is 0 Å². The monoisotopic (exact) mass is 754 g/mol. The lowest BCUT2D eigenvalue weighted by atomic mass is 10.1. The van der Waals surface area contributed by atoms with Gasteiger partial charge in [0.2, 0.25) is 17.2 Å². The summed E-state index contributed by atoms with van der Waals surface area (Å²) in [6, 6.07) is 41.1. The van der Waals surface area contributed by atoms with E-state index in [1.165, 1.54) is 12.1 Å². The van der Waals surface area contributed by atoms with Crippen LogP contribution in [0.15, 0.2) is 140 Å². The van der Waals surface area contributed by atoms with E-state index < -0.39 is 29.0 Å². The number of hydrogen-bond donors (Lipinski definition) is 2. The molecule has 0 aliphatic rings. The summed E-state index contributed by atoms with van der Waals surface area (Å²) < 4.78 is 37.1. The summed E-state index contributed by atoms with van der Waals surface area (Å²) in [5, 5.41) is 21.9. The van der Waals surface area contributed by atoms with Crippen LogP contribution in [0.1, 0.15) is 63.7 Å². The Hall–Kier alpha value is -6.94. The van der Waals surface area contributed by atoms with Crippen LogP contribution in [0.5, 0.6) is 40.2 Å². The molecule has 0 saturated heterocycles. The average molecular weight is 755 g/mol. The molecule has 6 aromatic rings. The third-order valence-electron chi connectivity index (χ3n) is 8.18. The Morgan fingerprint density at radius 3 is 1.48 bits per heavy atom. The molecule has 0 saturated carbocycles.